The minimum absolute atomic E-state index is 0.107. The molecule has 0 radical (unpaired) electrons. The number of phenols is 1. The summed E-state index contributed by atoms with van der Waals surface area (Å²) in [6, 6.07) is 5.99. The number of hydrogen-bond donors (Lipinski definition) is 1. The number of halogens is 1. The Morgan fingerprint density at radius 2 is 2.25 bits per heavy atom. The van der Waals surface area contributed by atoms with Gasteiger partial charge in [0.1, 0.15) is 11.9 Å². The van der Waals surface area contributed by atoms with Crippen LogP contribution in [0.25, 0.3) is 0 Å². The summed E-state index contributed by atoms with van der Waals surface area (Å²) in [5.74, 6) is -0.107. The van der Waals surface area contributed by atoms with Crippen molar-refractivity contribution in [1.29, 1.82) is 5.26 Å². The molecule has 1 N–H and O–H groups in total. The molecule has 0 heterocycles. The van der Waals surface area contributed by atoms with Crippen molar-refractivity contribution in [3.8, 4) is 11.8 Å². The maximum atomic E-state index is 12.7. The first kappa shape index (κ1) is 8.54. The third-order valence-corrected chi connectivity index (χ3v) is 1.59. The van der Waals surface area contributed by atoms with Crippen LogP contribution in [-0.4, -0.2) is 5.11 Å². The van der Waals surface area contributed by atoms with Gasteiger partial charge in [-0.15, -0.1) is 0 Å². The zero-order chi connectivity index (χ0) is 9.14. The van der Waals surface area contributed by atoms with Crippen LogP contribution < -0.4 is 0 Å². The molecule has 0 aliphatic carbocycles. The van der Waals surface area contributed by atoms with Crippen molar-refractivity contribution in [2.24, 2.45) is 0 Å². The fourth-order valence-corrected chi connectivity index (χ4v) is 0.943. The molecule has 0 spiro atoms. The first-order valence-corrected chi connectivity index (χ1v) is 3.52. The minimum atomic E-state index is -1.25. The van der Waals surface area contributed by atoms with Gasteiger partial charge in [-0.2, -0.15) is 5.26 Å². The smallest absolute Gasteiger partial charge is 0.126 e. The Balaban J connectivity index is 3.19. The predicted molar refractivity (Wildman–Crippen MR) is 42.3 cm³/mol. The third-order valence-electron chi connectivity index (χ3n) is 1.59. The van der Waals surface area contributed by atoms with Crippen molar-refractivity contribution >= 4 is 0 Å². The van der Waals surface area contributed by atoms with Crippen LogP contribution in [0.15, 0.2) is 18.2 Å². The molecule has 1 unspecified atom stereocenters. The second kappa shape index (κ2) is 3.22. The molecule has 3 heteroatoms. The predicted octanol–water partition coefficient (Wildman–Crippen LogP) is 2.29. The van der Waals surface area contributed by atoms with Crippen LogP contribution in [0.3, 0.4) is 0 Å². The lowest BCUT2D eigenvalue weighted by Crippen LogP contribution is -1.87. The van der Waals surface area contributed by atoms with E-state index in [4.69, 9.17) is 10.4 Å². The second-order valence-corrected chi connectivity index (χ2v) is 2.50. The van der Waals surface area contributed by atoms with Crippen molar-refractivity contribution in [2.45, 2.75) is 13.1 Å². The number of hydrogen-bond acceptors (Lipinski definition) is 2. The van der Waals surface area contributed by atoms with Crippen LogP contribution >= 0.6 is 0 Å². The van der Waals surface area contributed by atoms with Crippen molar-refractivity contribution in [1.82, 2.24) is 0 Å². The summed E-state index contributed by atoms with van der Waals surface area (Å²) in [7, 11) is 0. The molecule has 1 aromatic carbocycles. The van der Waals surface area contributed by atoms with E-state index in [1.54, 1.807) is 0 Å². The third kappa shape index (κ3) is 1.54. The summed E-state index contributed by atoms with van der Waals surface area (Å²) < 4.78 is 12.7. The van der Waals surface area contributed by atoms with E-state index in [2.05, 4.69) is 0 Å². The standard InChI is InChI=1S/C9H8FNO/c1-6(10)8-4-7(5-11)2-3-9(8)12/h2-4,6,12H,1H3. The lowest BCUT2D eigenvalue weighted by Gasteiger charge is -2.04. The number of benzene rings is 1. The van der Waals surface area contributed by atoms with Crippen molar-refractivity contribution in [3.05, 3.63) is 29.3 Å². The van der Waals surface area contributed by atoms with E-state index in [9.17, 15) is 4.39 Å². The van der Waals surface area contributed by atoms with Gasteiger partial charge in [-0.25, -0.2) is 4.39 Å². The summed E-state index contributed by atoms with van der Waals surface area (Å²) in [6.45, 7) is 1.32. The molecule has 62 valence electrons. The van der Waals surface area contributed by atoms with Crippen LogP contribution in [0, 0.1) is 11.3 Å². The van der Waals surface area contributed by atoms with Crippen molar-refractivity contribution in [3.63, 3.8) is 0 Å². The zero-order valence-corrected chi connectivity index (χ0v) is 6.58. The van der Waals surface area contributed by atoms with Crippen LogP contribution in [0.2, 0.25) is 0 Å². The maximum absolute atomic E-state index is 12.7. The first-order chi connectivity index (χ1) is 5.65. The molecule has 0 aliphatic rings. The highest BCUT2D eigenvalue weighted by molar-refractivity contribution is 5.42. The van der Waals surface area contributed by atoms with Gasteiger partial charge in [0, 0.05) is 5.56 Å². The Morgan fingerprint density at radius 3 is 2.75 bits per heavy atom. The number of nitriles is 1. The Labute approximate surface area is 69.9 Å². The zero-order valence-electron chi connectivity index (χ0n) is 6.58. The van der Waals surface area contributed by atoms with Gasteiger partial charge in [0.2, 0.25) is 0 Å². The molecule has 1 aromatic rings. The second-order valence-electron chi connectivity index (χ2n) is 2.50. The number of nitrogens with zero attached hydrogens (tertiary/aromatic N) is 1. The highest BCUT2D eigenvalue weighted by Gasteiger charge is 2.08. The van der Waals surface area contributed by atoms with E-state index in [1.165, 1.54) is 25.1 Å². The van der Waals surface area contributed by atoms with Gasteiger partial charge in [-0.3, -0.25) is 0 Å². The molecule has 0 aliphatic heterocycles. The molecular weight excluding hydrogens is 157 g/mol. The lowest BCUT2D eigenvalue weighted by molar-refractivity contribution is 0.356. The summed E-state index contributed by atoms with van der Waals surface area (Å²) >= 11 is 0. The SMILES string of the molecule is CC(F)c1cc(C#N)ccc1O. The Kier molecular flexibility index (Phi) is 2.29. The highest BCUT2D eigenvalue weighted by atomic mass is 19.1. The molecule has 0 saturated heterocycles. The molecule has 0 amide bonds. The largest absolute Gasteiger partial charge is 0.508 e. The molecule has 0 fully saturated rings. The van der Waals surface area contributed by atoms with Gasteiger partial charge in [0.05, 0.1) is 11.6 Å². The van der Waals surface area contributed by atoms with E-state index < -0.39 is 6.17 Å². The van der Waals surface area contributed by atoms with Gasteiger partial charge >= 0.3 is 0 Å². The highest BCUT2D eigenvalue weighted by Crippen LogP contribution is 2.26. The monoisotopic (exact) mass is 165 g/mol. The Hall–Kier alpha value is -1.56. The minimum Gasteiger partial charge on any atom is -0.508 e. The number of phenolic OH excluding ortho intramolecular Hbond substituents is 1. The van der Waals surface area contributed by atoms with E-state index in [1.807, 2.05) is 6.07 Å². The molecule has 1 rings (SSSR count). The summed E-state index contributed by atoms with van der Waals surface area (Å²) in [5.41, 5.74) is 0.515. The molecule has 0 saturated carbocycles. The van der Waals surface area contributed by atoms with Gasteiger partial charge in [0.25, 0.3) is 0 Å². The van der Waals surface area contributed by atoms with Crippen LogP contribution in [-0.2, 0) is 0 Å². The fourth-order valence-electron chi connectivity index (χ4n) is 0.943. The van der Waals surface area contributed by atoms with E-state index in [-0.39, 0.29) is 11.3 Å². The average molecular weight is 165 g/mol. The molecule has 12 heavy (non-hydrogen) atoms. The maximum Gasteiger partial charge on any atom is 0.126 e. The fraction of sp³-hybridized carbons (Fsp3) is 0.222. The topological polar surface area (TPSA) is 44.0 Å². The number of alkyl halides is 1. The molecule has 0 aromatic heterocycles. The van der Waals surface area contributed by atoms with E-state index in [0.717, 1.165) is 0 Å². The number of rotatable bonds is 1. The van der Waals surface area contributed by atoms with Gasteiger partial charge < -0.3 is 5.11 Å². The lowest BCUT2D eigenvalue weighted by atomic mass is 10.1. The van der Waals surface area contributed by atoms with Crippen molar-refractivity contribution < 1.29 is 9.50 Å². The summed E-state index contributed by atoms with van der Waals surface area (Å²) in [5, 5.41) is 17.6. The van der Waals surface area contributed by atoms with Crippen LogP contribution in [0.1, 0.15) is 24.2 Å². The Bertz CT molecular complexity index is 328. The molecule has 2 nitrogen and oxygen atoms in total. The summed E-state index contributed by atoms with van der Waals surface area (Å²) in [6.07, 6.45) is -1.25. The quantitative estimate of drug-likeness (QED) is 0.693. The first-order valence-electron chi connectivity index (χ1n) is 3.52. The van der Waals surface area contributed by atoms with Crippen molar-refractivity contribution in [2.75, 3.05) is 0 Å². The summed E-state index contributed by atoms with van der Waals surface area (Å²) in [4.78, 5) is 0. The molecule has 0 bridgehead atoms. The van der Waals surface area contributed by atoms with E-state index in [0.29, 0.717) is 5.56 Å². The number of aromatic hydroxyl groups is 1. The molecule has 1 atom stereocenters. The van der Waals surface area contributed by atoms with Crippen LogP contribution in [0.5, 0.6) is 5.75 Å². The Morgan fingerprint density at radius 1 is 1.58 bits per heavy atom. The molecular formula is C9H8FNO. The van der Waals surface area contributed by atoms with Gasteiger partial charge in [-0.05, 0) is 25.1 Å². The average Bonchev–Trinajstić information content (AvgIpc) is 2.05. The van der Waals surface area contributed by atoms with Gasteiger partial charge in [0.15, 0.2) is 0 Å². The normalized spacial score (nSPS) is 12.1. The van der Waals surface area contributed by atoms with Gasteiger partial charge in [-0.1, -0.05) is 0 Å². The van der Waals surface area contributed by atoms with E-state index >= 15 is 0 Å². The van der Waals surface area contributed by atoms with Crippen LogP contribution in [0.4, 0.5) is 4.39 Å².